The number of carbonyl (C=O) groups is 1. The van der Waals surface area contributed by atoms with Gasteiger partial charge >= 0.3 is 0 Å². The van der Waals surface area contributed by atoms with E-state index < -0.39 is 0 Å². The molecule has 0 atom stereocenters. The second-order valence-corrected chi connectivity index (χ2v) is 5.77. The fourth-order valence-electron chi connectivity index (χ4n) is 2.58. The van der Waals surface area contributed by atoms with E-state index in [-0.39, 0.29) is 23.3 Å². The van der Waals surface area contributed by atoms with Gasteiger partial charge in [0.15, 0.2) is 0 Å². The summed E-state index contributed by atoms with van der Waals surface area (Å²) in [5, 5.41) is 12.1. The van der Waals surface area contributed by atoms with Gasteiger partial charge in [-0.1, -0.05) is 0 Å². The lowest BCUT2D eigenvalue weighted by molar-refractivity contribution is -0.128. The van der Waals surface area contributed by atoms with Gasteiger partial charge in [0.05, 0.1) is 0 Å². The standard InChI is InChI=1S/C17H21FN4O/c1-21-9-7-16(8-10-21)22(2)17(23)13(11-19)12-20-15-5-3-14(18)4-6-15/h3-6,12,16,20H,7-10H2,1-2H3/b13-12-. The Kier molecular flexibility index (Phi) is 5.72. The number of carbonyl (C=O) groups excluding carboxylic acids is 1. The van der Waals surface area contributed by atoms with Crippen molar-refractivity contribution in [2.45, 2.75) is 18.9 Å². The number of likely N-dealkylation sites (tertiary alicyclic amines) is 1. The second-order valence-electron chi connectivity index (χ2n) is 5.77. The first-order valence-corrected chi connectivity index (χ1v) is 7.59. The fourth-order valence-corrected chi connectivity index (χ4v) is 2.58. The van der Waals surface area contributed by atoms with Gasteiger partial charge in [-0.15, -0.1) is 0 Å². The summed E-state index contributed by atoms with van der Waals surface area (Å²) in [6.45, 7) is 1.89. The van der Waals surface area contributed by atoms with Crippen LogP contribution >= 0.6 is 0 Å². The molecule has 122 valence electrons. The van der Waals surface area contributed by atoms with E-state index in [9.17, 15) is 14.4 Å². The number of nitrogens with one attached hydrogen (secondary N) is 1. The van der Waals surface area contributed by atoms with Crippen LogP contribution in [0.5, 0.6) is 0 Å². The second kappa shape index (κ2) is 7.75. The summed E-state index contributed by atoms with van der Waals surface area (Å²) in [4.78, 5) is 16.3. The number of amides is 1. The zero-order valence-electron chi connectivity index (χ0n) is 13.4. The van der Waals surface area contributed by atoms with Crippen molar-refractivity contribution in [3.05, 3.63) is 41.9 Å². The third kappa shape index (κ3) is 4.54. The zero-order chi connectivity index (χ0) is 16.8. The van der Waals surface area contributed by atoms with E-state index in [2.05, 4.69) is 17.3 Å². The van der Waals surface area contributed by atoms with E-state index >= 15 is 0 Å². The summed E-state index contributed by atoms with van der Waals surface area (Å²) in [6.07, 6.45) is 3.19. The van der Waals surface area contributed by atoms with Crippen LogP contribution in [0.4, 0.5) is 10.1 Å². The average Bonchev–Trinajstić information content (AvgIpc) is 2.57. The SMILES string of the molecule is CN1CCC(N(C)C(=O)/C(C#N)=C\Nc2ccc(F)cc2)CC1. The van der Waals surface area contributed by atoms with Crippen LogP contribution in [0.2, 0.25) is 0 Å². The van der Waals surface area contributed by atoms with Crippen LogP contribution in [-0.4, -0.2) is 48.9 Å². The molecule has 0 bridgehead atoms. The molecule has 6 heteroatoms. The molecule has 1 fully saturated rings. The Bertz CT molecular complexity index is 612. The smallest absolute Gasteiger partial charge is 0.266 e. The Morgan fingerprint density at radius 3 is 2.57 bits per heavy atom. The molecule has 0 unspecified atom stereocenters. The number of rotatable bonds is 4. The van der Waals surface area contributed by atoms with Gasteiger partial charge in [0, 0.05) is 25.0 Å². The first-order valence-electron chi connectivity index (χ1n) is 7.59. The van der Waals surface area contributed by atoms with Crippen LogP contribution in [0.1, 0.15) is 12.8 Å². The molecule has 1 amide bonds. The lowest BCUT2D eigenvalue weighted by Gasteiger charge is -2.34. The predicted octanol–water partition coefficient (Wildman–Crippen LogP) is 2.20. The average molecular weight is 316 g/mol. The summed E-state index contributed by atoms with van der Waals surface area (Å²) in [7, 11) is 3.80. The lowest BCUT2D eigenvalue weighted by Crippen LogP contribution is -2.44. The fraction of sp³-hybridized carbons (Fsp3) is 0.412. The van der Waals surface area contributed by atoms with Crippen molar-refractivity contribution in [3.8, 4) is 6.07 Å². The molecule has 0 aliphatic carbocycles. The van der Waals surface area contributed by atoms with E-state index in [1.54, 1.807) is 24.1 Å². The van der Waals surface area contributed by atoms with Crippen molar-refractivity contribution in [3.63, 3.8) is 0 Å². The summed E-state index contributed by atoms with van der Waals surface area (Å²) in [5.41, 5.74) is 0.657. The number of likely N-dealkylation sites (N-methyl/N-ethyl adjacent to an activating group) is 1. The van der Waals surface area contributed by atoms with Crippen LogP contribution in [0.3, 0.4) is 0 Å². The first kappa shape index (κ1) is 17.0. The minimum atomic E-state index is -0.335. The highest BCUT2D eigenvalue weighted by Gasteiger charge is 2.25. The molecule has 0 spiro atoms. The Morgan fingerprint density at radius 2 is 2.00 bits per heavy atom. The summed E-state index contributed by atoms with van der Waals surface area (Å²) < 4.78 is 12.9. The molecule has 0 radical (unpaired) electrons. The minimum absolute atomic E-state index is 0.0377. The van der Waals surface area contributed by atoms with E-state index in [1.165, 1.54) is 18.3 Å². The van der Waals surface area contributed by atoms with Gasteiger partial charge in [0.25, 0.3) is 5.91 Å². The van der Waals surface area contributed by atoms with E-state index in [0.717, 1.165) is 25.9 Å². The van der Waals surface area contributed by atoms with Crippen molar-refractivity contribution in [1.29, 1.82) is 5.26 Å². The number of benzene rings is 1. The van der Waals surface area contributed by atoms with Crippen molar-refractivity contribution in [2.75, 3.05) is 32.5 Å². The van der Waals surface area contributed by atoms with Crippen molar-refractivity contribution >= 4 is 11.6 Å². The Balaban J connectivity index is 2.01. The molecule has 1 aromatic rings. The third-order valence-corrected chi connectivity index (χ3v) is 4.13. The van der Waals surface area contributed by atoms with Gasteiger partial charge in [-0.05, 0) is 57.2 Å². The van der Waals surface area contributed by atoms with Gasteiger partial charge in [0.2, 0.25) is 0 Å². The van der Waals surface area contributed by atoms with Crippen LogP contribution in [0, 0.1) is 17.1 Å². The number of halogens is 1. The molecule has 0 aromatic heterocycles. The maximum absolute atomic E-state index is 12.9. The van der Waals surface area contributed by atoms with Crippen molar-refractivity contribution in [1.82, 2.24) is 9.80 Å². The maximum atomic E-state index is 12.9. The first-order chi connectivity index (χ1) is 11.0. The summed E-state index contributed by atoms with van der Waals surface area (Å²) in [6, 6.07) is 7.81. The highest BCUT2D eigenvalue weighted by Crippen LogP contribution is 2.16. The molecular weight excluding hydrogens is 295 g/mol. The van der Waals surface area contributed by atoms with E-state index in [0.29, 0.717) is 5.69 Å². The predicted molar refractivity (Wildman–Crippen MR) is 87.0 cm³/mol. The number of anilines is 1. The molecule has 23 heavy (non-hydrogen) atoms. The molecule has 1 saturated heterocycles. The van der Waals surface area contributed by atoms with Crippen LogP contribution in [0.15, 0.2) is 36.0 Å². The molecule has 1 N–H and O–H groups in total. The number of hydrogen-bond donors (Lipinski definition) is 1. The van der Waals surface area contributed by atoms with Crippen LogP contribution in [-0.2, 0) is 4.79 Å². The minimum Gasteiger partial charge on any atom is -0.360 e. The lowest BCUT2D eigenvalue weighted by atomic mass is 10.0. The number of nitrogens with zero attached hydrogens (tertiary/aromatic N) is 3. The molecule has 1 aliphatic rings. The Labute approximate surface area is 136 Å². The molecular formula is C17H21FN4O. The highest BCUT2D eigenvalue weighted by molar-refractivity contribution is 5.97. The van der Waals surface area contributed by atoms with Gasteiger partial charge in [0.1, 0.15) is 17.5 Å². The topological polar surface area (TPSA) is 59.4 Å². The molecule has 2 rings (SSSR count). The maximum Gasteiger partial charge on any atom is 0.266 e. The van der Waals surface area contributed by atoms with Gasteiger partial charge in [-0.25, -0.2) is 4.39 Å². The Morgan fingerprint density at radius 1 is 1.39 bits per heavy atom. The van der Waals surface area contributed by atoms with Crippen molar-refractivity contribution < 1.29 is 9.18 Å². The van der Waals surface area contributed by atoms with Gasteiger partial charge < -0.3 is 15.1 Å². The summed E-state index contributed by atoms with van der Waals surface area (Å²) >= 11 is 0. The normalized spacial score (nSPS) is 16.7. The number of piperidine rings is 1. The largest absolute Gasteiger partial charge is 0.360 e. The zero-order valence-corrected chi connectivity index (χ0v) is 13.4. The van der Waals surface area contributed by atoms with Crippen LogP contribution in [0.25, 0.3) is 0 Å². The monoisotopic (exact) mass is 316 g/mol. The number of hydrogen-bond acceptors (Lipinski definition) is 4. The molecule has 1 aromatic carbocycles. The van der Waals surface area contributed by atoms with Gasteiger partial charge in [-0.2, -0.15) is 5.26 Å². The number of nitriles is 1. The van der Waals surface area contributed by atoms with Crippen molar-refractivity contribution in [2.24, 2.45) is 0 Å². The molecule has 5 nitrogen and oxygen atoms in total. The third-order valence-electron chi connectivity index (χ3n) is 4.13. The Hall–Kier alpha value is -2.39. The molecule has 0 saturated carbocycles. The van der Waals surface area contributed by atoms with E-state index in [1.807, 2.05) is 6.07 Å². The molecule has 1 aliphatic heterocycles. The van der Waals surface area contributed by atoms with E-state index in [4.69, 9.17) is 0 Å². The summed E-state index contributed by atoms with van der Waals surface area (Å²) in [5.74, 6) is -0.630. The van der Waals surface area contributed by atoms with Gasteiger partial charge in [-0.3, -0.25) is 4.79 Å². The quantitative estimate of drug-likeness (QED) is 0.683. The highest BCUT2D eigenvalue weighted by atomic mass is 19.1. The van der Waals surface area contributed by atoms with Crippen LogP contribution < -0.4 is 5.32 Å². The molecule has 1 heterocycles.